The number of fused-ring (bicyclic) bond motifs is 15. The summed E-state index contributed by atoms with van der Waals surface area (Å²) in [6.45, 7) is 0. The molecule has 14 aromatic rings. The lowest BCUT2D eigenvalue weighted by atomic mass is 10.1. The van der Waals surface area contributed by atoms with Crippen LogP contribution in [0.3, 0.4) is 0 Å². The number of aromatic nitrogens is 3. The molecule has 0 spiro atoms. The topological polar surface area (TPSA) is 41.1 Å². The first kappa shape index (κ1) is 33.0. The second kappa shape index (κ2) is 12.5. The van der Waals surface area contributed by atoms with Crippen molar-refractivity contribution in [2.24, 2.45) is 7.05 Å². The van der Waals surface area contributed by atoms with Crippen LogP contribution in [-0.2, 0) is 7.05 Å². The van der Waals surface area contributed by atoms with Gasteiger partial charge >= 0.3 is 0 Å². The highest BCUT2D eigenvalue weighted by atomic mass is 16.3. The van der Waals surface area contributed by atoms with Crippen molar-refractivity contribution < 1.29 is 8.83 Å². The Morgan fingerprint density at radius 2 is 0.633 bits per heavy atom. The summed E-state index contributed by atoms with van der Waals surface area (Å²) < 4.78 is 19.0. The third kappa shape index (κ3) is 4.68. The summed E-state index contributed by atoms with van der Waals surface area (Å²) in [5.41, 5.74) is 13.3. The van der Waals surface area contributed by atoms with E-state index in [9.17, 15) is 0 Å². The van der Waals surface area contributed by atoms with Crippen LogP contribution in [0.15, 0.2) is 203 Å². The number of nitrogens with zero attached hydrogens (tertiary/aromatic N) is 3. The number of rotatable bonds is 2. The van der Waals surface area contributed by atoms with Crippen LogP contribution in [-0.4, -0.2) is 13.7 Å². The van der Waals surface area contributed by atoms with Crippen LogP contribution < -0.4 is 0 Å². The van der Waals surface area contributed by atoms with E-state index in [1.807, 2.05) is 48.5 Å². The van der Waals surface area contributed by atoms with Crippen LogP contribution in [0.5, 0.6) is 0 Å². The molecule has 0 aliphatic carbocycles. The van der Waals surface area contributed by atoms with Crippen molar-refractivity contribution in [3.05, 3.63) is 194 Å². The zero-order chi connectivity index (χ0) is 39.5. The van der Waals surface area contributed by atoms with E-state index in [4.69, 9.17) is 8.83 Å². The van der Waals surface area contributed by atoms with Gasteiger partial charge in [0.1, 0.15) is 22.3 Å². The number of benzene rings is 9. The van der Waals surface area contributed by atoms with Crippen molar-refractivity contribution in [3.63, 3.8) is 0 Å². The second-order valence-corrected chi connectivity index (χ2v) is 15.7. The summed E-state index contributed by atoms with van der Waals surface area (Å²) in [5, 5.41) is 12.2. The fourth-order valence-corrected chi connectivity index (χ4v) is 9.80. The second-order valence-electron chi connectivity index (χ2n) is 15.7. The van der Waals surface area contributed by atoms with E-state index in [0.717, 1.165) is 38.8 Å². The lowest BCUT2D eigenvalue weighted by molar-refractivity contribution is 0.668. The molecule has 0 bridgehead atoms. The summed E-state index contributed by atoms with van der Waals surface area (Å²) in [6, 6.07) is 69.0. The predicted octanol–water partition coefficient (Wildman–Crippen LogP) is 15.0. The Bertz CT molecular complexity index is 3930. The summed E-state index contributed by atoms with van der Waals surface area (Å²) >= 11 is 0. The van der Waals surface area contributed by atoms with Crippen molar-refractivity contribution >= 4 is 109 Å². The molecule has 0 aliphatic heterocycles. The summed E-state index contributed by atoms with van der Waals surface area (Å²) in [7, 11) is 2.19. The molecular formula is C55H35N3O2. The van der Waals surface area contributed by atoms with Gasteiger partial charge in [0, 0.05) is 83.3 Å². The molecule has 0 aliphatic rings. The molecule has 0 N–H and O–H groups in total. The first-order valence-electron chi connectivity index (χ1n) is 20.4. The maximum atomic E-state index is 6.19. The van der Waals surface area contributed by atoms with E-state index in [0.29, 0.717) is 0 Å². The zero-order valence-corrected chi connectivity index (χ0v) is 32.6. The Labute approximate surface area is 343 Å². The molecule has 5 aromatic heterocycles. The first-order chi connectivity index (χ1) is 29.7. The molecular weight excluding hydrogens is 735 g/mol. The highest BCUT2D eigenvalue weighted by Crippen LogP contribution is 2.41. The van der Waals surface area contributed by atoms with E-state index >= 15 is 0 Å². The molecule has 0 fully saturated rings. The van der Waals surface area contributed by atoms with Crippen LogP contribution in [0.4, 0.5) is 0 Å². The summed E-state index contributed by atoms with van der Waals surface area (Å²) in [4.78, 5) is 0. The highest BCUT2D eigenvalue weighted by molar-refractivity contribution is 6.19. The van der Waals surface area contributed by atoms with Gasteiger partial charge in [-0.15, -0.1) is 0 Å². The zero-order valence-electron chi connectivity index (χ0n) is 32.6. The van der Waals surface area contributed by atoms with Crippen LogP contribution >= 0.6 is 0 Å². The van der Waals surface area contributed by atoms with Gasteiger partial charge in [-0.05, 0) is 84.9 Å². The third-order valence-electron chi connectivity index (χ3n) is 12.5. The van der Waals surface area contributed by atoms with Gasteiger partial charge in [-0.25, -0.2) is 0 Å². The Kier molecular flexibility index (Phi) is 6.87. The highest BCUT2D eigenvalue weighted by Gasteiger charge is 2.19. The first-order valence-corrected chi connectivity index (χ1v) is 20.4. The standard InChI is InChI=1S/C43H27N3O.C12H8O/c1-44-36-20-18-26(45-37-14-6-2-10-28(37)29-11-3-7-15-38(29)45)22-32(36)34-25-41-33(24-40(34)44)30-12-4-8-16-39(30)46(41)27-19-21-43-35(23-27)31-13-5-9-17-42(31)47-43;1-3-7-11-9(5-1)10-6-2-4-8-12(10)13-11/h2-25H,1H3;1-8H. The number of para-hydroxylation sites is 6. The monoisotopic (exact) mass is 769 g/mol. The average Bonchev–Trinajstić information content (AvgIpc) is 4.10. The number of furan rings is 2. The smallest absolute Gasteiger partial charge is 0.135 e. The molecule has 5 nitrogen and oxygen atoms in total. The van der Waals surface area contributed by atoms with Crippen molar-refractivity contribution in [1.82, 2.24) is 13.7 Å². The molecule has 0 amide bonds. The van der Waals surface area contributed by atoms with Crippen LogP contribution in [0.2, 0.25) is 0 Å². The molecule has 14 rings (SSSR count). The Balaban J connectivity index is 0.000000242. The minimum Gasteiger partial charge on any atom is -0.456 e. The van der Waals surface area contributed by atoms with Gasteiger partial charge in [0.2, 0.25) is 0 Å². The molecule has 0 saturated carbocycles. The fourth-order valence-electron chi connectivity index (χ4n) is 9.80. The Hall–Kier alpha value is -8.02. The van der Waals surface area contributed by atoms with E-state index in [2.05, 4.69) is 166 Å². The number of hydrogen-bond donors (Lipinski definition) is 0. The molecule has 9 aromatic carbocycles. The molecule has 0 saturated heterocycles. The maximum Gasteiger partial charge on any atom is 0.135 e. The Morgan fingerprint density at radius 3 is 1.20 bits per heavy atom. The van der Waals surface area contributed by atoms with E-state index in [1.54, 1.807) is 0 Å². The van der Waals surface area contributed by atoms with Crippen molar-refractivity contribution in [1.29, 1.82) is 0 Å². The largest absolute Gasteiger partial charge is 0.456 e. The van der Waals surface area contributed by atoms with Crippen molar-refractivity contribution in [2.75, 3.05) is 0 Å². The molecule has 0 atom stereocenters. The SMILES string of the molecule is Cn1c2ccc(-n3c4ccccc4c4ccccc43)cc2c2cc3c(cc21)c1ccccc1n3-c1ccc2oc3ccccc3c2c1.c1ccc2c(c1)oc1ccccc12. The Morgan fingerprint density at radius 1 is 0.267 bits per heavy atom. The molecule has 282 valence electrons. The lowest BCUT2D eigenvalue weighted by Gasteiger charge is -2.09. The lowest BCUT2D eigenvalue weighted by Crippen LogP contribution is -1.94. The quantitative estimate of drug-likeness (QED) is 0.176. The third-order valence-corrected chi connectivity index (χ3v) is 12.5. The van der Waals surface area contributed by atoms with Gasteiger partial charge in [0.25, 0.3) is 0 Å². The van der Waals surface area contributed by atoms with Gasteiger partial charge in [0.05, 0.1) is 22.1 Å². The number of aryl methyl sites for hydroxylation is 1. The van der Waals surface area contributed by atoms with Gasteiger partial charge < -0.3 is 22.5 Å². The maximum absolute atomic E-state index is 6.19. The van der Waals surface area contributed by atoms with Crippen LogP contribution in [0.1, 0.15) is 0 Å². The molecule has 60 heavy (non-hydrogen) atoms. The number of hydrogen-bond acceptors (Lipinski definition) is 2. The molecule has 0 unspecified atom stereocenters. The normalized spacial score (nSPS) is 12.1. The van der Waals surface area contributed by atoms with Crippen LogP contribution in [0, 0.1) is 0 Å². The van der Waals surface area contributed by atoms with Crippen molar-refractivity contribution in [2.45, 2.75) is 0 Å². The van der Waals surface area contributed by atoms with Gasteiger partial charge in [-0.2, -0.15) is 0 Å². The predicted molar refractivity (Wildman–Crippen MR) is 250 cm³/mol. The van der Waals surface area contributed by atoms with E-state index < -0.39 is 0 Å². The van der Waals surface area contributed by atoms with Crippen molar-refractivity contribution in [3.8, 4) is 11.4 Å². The molecule has 5 heteroatoms. The minimum atomic E-state index is 0.907. The van der Waals surface area contributed by atoms with E-state index in [-0.39, 0.29) is 0 Å². The van der Waals surface area contributed by atoms with Crippen LogP contribution in [0.25, 0.3) is 121 Å². The minimum absolute atomic E-state index is 0.907. The summed E-state index contributed by atoms with van der Waals surface area (Å²) in [6.07, 6.45) is 0. The fraction of sp³-hybridized carbons (Fsp3) is 0.0182. The summed E-state index contributed by atoms with van der Waals surface area (Å²) in [5.74, 6) is 0. The molecule has 5 heterocycles. The van der Waals surface area contributed by atoms with Gasteiger partial charge in [-0.1, -0.05) is 109 Å². The van der Waals surface area contributed by atoms with E-state index in [1.165, 1.54) is 81.9 Å². The van der Waals surface area contributed by atoms with Gasteiger partial charge in [-0.3, -0.25) is 0 Å². The van der Waals surface area contributed by atoms with Gasteiger partial charge in [0.15, 0.2) is 0 Å². The molecule has 0 radical (unpaired) electrons. The average molecular weight is 770 g/mol.